The summed E-state index contributed by atoms with van der Waals surface area (Å²) < 4.78 is 15.6. The van der Waals surface area contributed by atoms with E-state index in [0.29, 0.717) is 11.7 Å². The zero-order chi connectivity index (χ0) is 45.2. The molecule has 0 radical (unpaired) electrons. The fourth-order valence-corrected chi connectivity index (χ4v) is 11.0. The number of hydrogen-bond acceptors (Lipinski definition) is 5. The van der Waals surface area contributed by atoms with Crippen LogP contribution < -0.4 is 5.32 Å². The van der Waals surface area contributed by atoms with Gasteiger partial charge in [0.1, 0.15) is 34.3 Å². The van der Waals surface area contributed by atoms with Gasteiger partial charge >= 0.3 is 0 Å². The Kier molecular flexibility index (Phi) is 8.03. The van der Waals surface area contributed by atoms with Crippen LogP contribution in [0.3, 0.4) is 0 Å². The second kappa shape index (κ2) is 14.6. The highest BCUT2D eigenvalue weighted by Crippen LogP contribution is 2.42. The van der Waals surface area contributed by atoms with Gasteiger partial charge in [0.15, 0.2) is 5.84 Å². The summed E-state index contributed by atoms with van der Waals surface area (Å²) in [5.74, 6) is 1.33. The van der Waals surface area contributed by atoms with Crippen LogP contribution in [0.1, 0.15) is 22.9 Å². The van der Waals surface area contributed by atoms with Crippen LogP contribution in [0, 0.1) is 0 Å². The number of aromatic nitrogens is 1. The third-order valence-electron chi connectivity index (χ3n) is 14.2. The highest BCUT2D eigenvalue weighted by atomic mass is 16.3. The Morgan fingerprint density at radius 1 is 0.391 bits per heavy atom. The second-order valence-electron chi connectivity index (χ2n) is 18.1. The summed E-state index contributed by atoms with van der Waals surface area (Å²) in [6, 6.07) is 77.6. The Morgan fingerprint density at radius 2 is 1.04 bits per heavy atom. The molecule has 3 aromatic heterocycles. The number of amidine groups is 2. The van der Waals surface area contributed by atoms with E-state index in [-0.39, 0.29) is 0 Å². The molecular formula is C63H38N4O2. The number of hydrogen-bond donors (Lipinski definition) is 1. The van der Waals surface area contributed by atoms with Crippen LogP contribution >= 0.6 is 0 Å². The fraction of sp³-hybridized carbons (Fsp3) is 0.0159. The maximum Gasteiger partial charge on any atom is 0.159 e. The Bertz CT molecular complexity index is 4520. The third-order valence-corrected chi connectivity index (χ3v) is 14.2. The molecule has 0 bridgehead atoms. The number of para-hydroxylation sites is 2. The summed E-state index contributed by atoms with van der Waals surface area (Å²) in [4.78, 5) is 10.8. The molecule has 69 heavy (non-hydrogen) atoms. The monoisotopic (exact) mass is 882 g/mol. The highest BCUT2D eigenvalue weighted by molar-refractivity contribution is 6.27. The molecule has 0 saturated heterocycles. The summed E-state index contributed by atoms with van der Waals surface area (Å²) in [6.45, 7) is 0. The molecule has 0 fully saturated rings. The molecule has 6 nitrogen and oxygen atoms in total. The van der Waals surface area contributed by atoms with E-state index in [9.17, 15) is 0 Å². The standard InChI is InChI=1S/C63H38N4O2/c1-2-12-37(13-3-1)38-22-24-40(25-23-38)61-64-62(43-26-29-47-46-18-8-10-20-55(46)68-57(47)34-43)66-63(65-61)51-36-58-60(49-19-9-11-21-56(49)69-58)48-30-28-44(35-50(48)51)67-53-31-27-39-14-6-7-17-45(39)59(53)52-32-41-15-4-5-16-42(41)33-54(52)67/h1-36,62H,(H,64,65,66). The van der Waals surface area contributed by atoms with Crippen LogP contribution in [-0.2, 0) is 0 Å². The summed E-state index contributed by atoms with van der Waals surface area (Å²) in [5, 5.41) is 17.6. The number of rotatable bonds is 5. The maximum atomic E-state index is 6.72. The molecule has 322 valence electrons. The van der Waals surface area contributed by atoms with Crippen molar-refractivity contribution < 1.29 is 8.83 Å². The maximum absolute atomic E-state index is 6.72. The van der Waals surface area contributed by atoms with Crippen LogP contribution in [0.4, 0.5) is 0 Å². The number of nitrogens with one attached hydrogen (secondary N) is 1. The van der Waals surface area contributed by atoms with Crippen molar-refractivity contribution in [2.45, 2.75) is 6.17 Å². The number of furan rings is 2. The van der Waals surface area contributed by atoms with Gasteiger partial charge in [-0.15, -0.1) is 0 Å². The molecule has 1 aliphatic rings. The lowest BCUT2D eigenvalue weighted by atomic mass is 9.97. The van der Waals surface area contributed by atoms with Gasteiger partial charge in [0.05, 0.1) is 11.0 Å². The van der Waals surface area contributed by atoms with Crippen LogP contribution in [0.5, 0.6) is 0 Å². The normalized spacial score (nSPS) is 14.2. The van der Waals surface area contributed by atoms with Gasteiger partial charge in [0.2, 0.25) is 0 Å². The topological polar surface area (TPSA) is 68.0 Å². The molecule has 4 heterocycles. The molecule has 0 aliphatic carbocycles. The number of nitrogens with zero attached hydrogens (tertiary/aromatic N) is 3. The average Bonchev–Trinajstić information content (AvgIpc) is 4.09. The largest absolute Gasteiger partial charge is 0.456 e. The summed E-state index contributed by atoms with van der Waals surface area (Å²) in [6.07, 6.45) is -0.484. The van der Waals surface area contributed by atoms with E-state index in [4.69, 9.17) is 18.8 Å². The van der Waals surface area contributed by atoms with Crippen molar-refractivity contribution in [2.24, 2.45) is 9.98 Å². The first-order valence-electron chi connectivity index (χ1n) is 23.4. The van der Waals surface area contributed by atoms with E-state index >= 15 is 0 Å². The molecule has 11 aromatic carbocycles. The van der Waals surface area contributed by atoms with Crippen LogP contribution in [-0.4, -0.2) is 16.2 Å². The first-order valence-corrected chi connectivity index (χ1v) is 23.4. The minimum absolute atomic E-state index is 0.484. The molecular weight excluding hydrogens is 845 g/mol. The first kappa shape index (κ1) is 37.9. The van der Waals surface area contributed by atoms with E-state index in [1.807, 2.05) is 30.3 Å². The lowest BCUT2D eigenvalue weighted by molar-refractivity contribution is 0.655. The lowest BCUT2D eigenvalue weighted by Crippen LogP contribution is -2.33. The SMILES string of the molecule is c1ccc(-c2ccc(C3=NC(c4ccc5c(c4)oc4ccccc45)NC(c4cc5oc6ccccc6c5c5ccc(-n6c7cc8ccccc8cc7c7c8ccccc8ccc76)cc45)=N3)cc2)cc1. The first-order chi connectivity index (χ1) is 34.2. The second-order valence-corrected chi connectivity index (χ2v) is 18.1. The number of fused-ring (bicyclic) bond motifs is 14. The summed E-state index contributed by atoms with van der Waals surface area (Å²) >= 11 is 0. The molecule has 1 unspecified atom stereocenters. The number of benzene rings is 11. The van der Waals surface area contributed by atoms with Gasteiger partial charge in [0.25, 0.3) is 0 Å². The van der Waals surface area contributed by atoms with Crippen molar-refractivity contribution in [3.05, 3.63) is 235 Å². The van der Waals surface area contributed by atoms with Crippen LogP contribution in [0.25, 0.3) is 115 Å². The zero-order valence-corrected chi connectivity index (χ0v) is 37.0. The molecule has 14 aromatic rings. The van der Waals surface area contributed by atoms with Gasteiger partial charge in [0, 0.05) is 54.7 Å². The predicted molar refractivity (Wildman–Crippen MR) is 285 cm³/mol. The van der Waals surface area contributed by atoms with Gasteiger partial charge < -0.3 is 18.7 Å². The van der Waals surface area contributed by atoms with E-state index in [1.54, 1.807) is 0 Å². The zero-order valence-electron chi connectivity index (χ0n) is 37.0. The predicted octanol–water partition coefficient (Wildman–Crippen LogP) is 16.2. The van der Waals surface area contributed by atoms with E-state index in [2.05, 4.69) is 198 Å². The number of aliphatic imine (C=N–C) groups is 2. The van der Waals surface area contributed by atoms with E-state index in [0.717, 1.165) is 99.2 Å². The minimum Gasteiger partial charge on any atom is -0.456 e. The van der Waals surface area contributed by atoms with Crippen molar-refractivity contribution in [1.82, 2.24) is 9.88 Å². The van der Waals surface area contributed by atoms with Gasteiger partial charge in [-0.05, 0) is 98.0 Å². The molecule has 6 heteroatoms. The van der Waals surface area contributed by atoms with Crippen molar-refractivity contribution in [1.29, 1.82) is 0 Å². The summed E-state index contributed by atoms with van der Waals surface area (Å²) in [7, 11) is 0. The lowest BCUT2D eigenvalue weighted by Gasteiger charge is -2.24. The Balaban J connectivity index is 0.978. The van der Waals surface area contributed by atoms with Gasteiger partial charge in [-0.25, -0.2) is 9.98 Å². The Labute approximate surface area is 394 Å². The van der Waals surface area contributed by atoms with Crippen LogP contribution in [0.15, 0.2) is 237 Å². The quantitative estimate of drug-likeness (QED) is 0.187. The minimum atomic E-state index is -0.484. The van der Waals surface area contributed by atoms with Gasteiger partial charge in [-0.1, -0.05) is 164 Å². The van der Waals surface area contributed by atoms with Gasteiger partial charge in [-0.3, -0.25) is 0 Å². The molecule has 0 saturated carbocycles. The average molecular weight is 883 g/mol. The molecule has 0 spiro atoms. The third kappa shape index (κ3) is 5.85. The fourth-order valence-electron chi connectivity index (χ4n) is 11.0. The van der Waals surface area contributed by atoms with Crippen molar-refractivity contribution in [3.8, 4) is 16.8 Å². The summed E-state index contributed by atoms with van der Waals surface area (Å²) in [5.41, 5.74) is 11.7. The Morgan fingerprint density at radius 3 is 1.88 bits per heavy atom. The van der Waals surface area contributed by atoms with E-state index in [1.165, 1.54) is 32.3 Å². The smallest absolute Gasteiger partial charge is 0.159 e. The van der Waals surface area contributed by atoms with Gasteiger partial charge in [-0.2, -0.15) is 0 Å². The van der Waals surface area contributed by atoms with E-state index < -0.39 is 6.17 Å². The molecule has 1 atom stereocenters. The van der Waals surface area contributed by atoms with Crippen molar-refractivity contribution >= 4 is 110 Å². The molecule has 15 rings (SSSR count). The highest BCUT2D eigenvalue weighted by Gasteiger charge is 2.26. The van der Waals surface area contributed by atoms with Crippen molar-refractivity contribution in [3.63, 3.8) is 0 Å². The molecule has 1 aliphatic heterocycles. The Hall–Kier alpha value is -9.26. The van der Waals surface area contributed by atoms with Crippen LogP contribution in [0.2, 0.25) is 0 Å². The molecule has 0 amide bonds. The van der Waals surface area contributed by atoms with Crippen molar-refractivity contribution in [2.75, 3.05) is 0 Å². The molecule has 1 N–H and O–H groups in total.